The Kier molecular flexibility index (Phi) is 4.45. The number of nitrogens with one attached hydrogen (secondary N) is 1. The average Bonchev–Trinajstić information content (AvgIpc) is 2.34. The van der Waals surface area contributed by atoms with Gasteiger partial charge in [-0.05, 0) is 30.5 Å². The first-order chi connectivity index (χ1) is 8.68. The Hall–Kier alpha value is -1.71. The van der Waals surface area contributed by atoms with Crippen LogP contribution in [0.2, 0.25) is 0 Å². The summed E-state index contributed by atoms with van der Waals surface area (Å²) in [6.07, 6.45) is 0. The Morgan fingerprint density at radius 3 is 2.37 bits per heavy atom. The molecule has 0 aliphatic carbocycles. The molecule has 0 aromatic heterocycles. The van der Waals surface area contributed by atoms with E-state index in [0.29, 0.717) is 17.3 Å². The standard InChI is InChI=1S/C15H25N3O/c1-10(15(2,3)4)18(6)13-8-7-11(9-12(13)16)14(19)17-5/h7-10H,16H2,1-6H3,(H,17,19). The van der Waals surface area contributed by atoms with Gasteiger partial charge in [-0.3, -0.25) is 4.79 Å². The summed E-state index contributed by atoms with van der Waals surface area (Å²) in [5, 5.41) is 2.60. The summed E-state index contributed by atoms with van der Waals surface area (Å²) in [4.78, 5) is 13.7. The Labute approximate surface area is 116 Å². The molecule has 0 heterocycles. The van der Waals surface area contributed by atoms with Gasteiger partial charge in [0.15, 0.2) is 0 Å². The number of rotatable bonds is 3. The summed E-state index contributed by atoms with van der Waals surface area (Å²) in [7, 11) is 3.64. The Balaban J connectivity index is 3.06. The van der Waals surface area contributed by atoms with E-state index in [2.05, 4.69) is 37.9 Å². The zero-order chi connectivity index (χ0) is 14.8. The highest BCUT2D eigenvalue weighted by atomic mass is 16.1. The second-order valence-corrected chi connectivity index (χ2v) is 6.01. The van der Waals surface area contributed by atoms with Gasteiger partial charge in [0.2, 0.25) is 0 Å². The maximum absolute atomic E-state index is 11.6. The van der Waals surface area contributed by atoms with Gasteiger partial charge in [0.05, 0.1) is 11.4 Å². The van der Waals surface area contributed by atoms with Crippen molar-refractivity contribution in [2.75, 3.05) is 24.7 Å². The number of nitrogens with two attached hydrogens (primary N) is 1. The van der Waals surface area contributed by atoms with Gasteiger partial charge in [0, 0.05) is 25.7 Å². The molecule has 0 fully saturated rings. The fraction of sp³-hybridized carbons (Fsp3) is 0.533. The zero-order valence-electron chi connectivity index (χ0n) is 12.7. The molecule has 19 heavy (non-hydrogen) atoms. The third-order valence-corrected chi connectivity index (χ3v) is 3.73. The van der Waals surface area contributed by atoms with Gasteiger partial charge in [-0.1, -0.05) is 20.8 Å². The van der Waals surface area contributed by atoms with Crippen LogP contribution in [-0.4, -0.2) is 26.0 Å². The van der Waals surface area contributed by atoms with Gasteiger partial charge >= 0.3 is 0 Å². The van der Waals surface area contributed by atoms with E-state index in [1.165, 1.54) is 0 Å². The van der Waals surface area contributed by atoms with Crippen molar-refractivity contribution in [1.29, 1.82) is 0 Å². The fourth-order valence-electron chi connectivity index (χ4n) is 1.95. The molecule has 1 unspecified atom stereocenters. The molecule has 0 bridgehead atoms. The topological polar surface area (TPSA) is 58.4 Å². The van der Waals surface area contributed by atoms with Crippen molar-refractivity contribution in [3.63, 3.8) is 0 Å². The molecule has 1 rings (SSSR count). The Morgan fingerprint density at radius 1 is 1.37 bits per heavy atom. The first-order valence-electron chi connectivity index (χ1n) is 6.53. The van der Waals surface area contributed by atoms with Crippen molar-refractivity contribution >= 4 is 17.3 Å². The average molecular weight is 263 g/mol. The van der Waals surface area contributed by atoms with Crippen LogP contribution in [0.4, 0.5) is 11.4 Å². The predicted molar refractivity (Wildman–Crippen MR) is 81.6 cm³/mol. The summed E-state index contributed by atoms with van der Waals surface area (Å²) in [6.45, 7) is 8.77. The van der Waals surface area contributed by atoms with Crippen LogP contribution < -0.4 is 16.0 Å². The molecule has 0 spiro atoms. The highest BCUT2D eigenvalue weighted by Crippen LogP contribution is 2.31. The molecule has 0 aliphatic heterocycles. The molecule has 1 atom stereocenters. The number of nitrogen functional groups attached to an aromatic ring is 1. The summed E-state index contributed by atoms with van der Waals surface area (Å²) >= 11 is 0. The molecule has 4 heteroatoms. The maximum atomic E-state index is 11.6. The molecule has 0 aliphatic rings. The normalized spacial score (nSPS) is 12.9. The minimum Gasteiger partial charge on any atom is -0.397 e. The van der Waals surface area contributed by atoms with E-state index in [9.17, 15) is 4.79 Å². The molecule has 0 radical (unpaired) electrons. The number of benzene rings is 1. The van der Waals surface area contributed by atoms with Crippen molar-refractivity contribution < 1.29 is 4.79 Å². The Morgan fingerprint density at radius 2 is 1.95 bits per heavy atom. The summed E-state index contributed by atoms with van der Waals surface area (Å²) in [5.41, 5.74) is 8.39. The largest absolute Gasteiger partial charge is 0.397 e. The highest BCUT2D eigenvalue weighted by Gasteiger charge is 2.25. The van der Waals surface area contributed by atoms with Crippen molar-refractivity contribution in [1.82, 2.24) is 5.32 Å². The maximum Gasteiger partial charge on any atom is 0.251 e. The van der Waals surface area contributed by atoms with Crippen LogP contribution in [0.1, 0.15) is 38.1 Å². The number of hydrogen-bond acceptors (Lipinski definition) is 3. The lowest BCUT2D eigenvalue weighted by atomic mass is 9.87. The molecule has 0 saturated heterocycles. The van der Waals surface area contributed by atoms with Crippen LogP contribution in [0.25, 0.3) is 0 Å². The van der Waals surface area contributed by atoms with E-state index >= 15 is 0 Å². The molecule has 1 amide bonds. The number of amides is 1. The van der Waals surface area contributed by atoms with Crippen LogP contribution in [0, 0.1) is 5.41 Å². The number of anilines is 2. The van der Waals surface area contributed by atoms with Gasteiger partial charge in [-0.25, -0.2) is 0 Å². The zero-order valence-corrected chi connectivity index (χ0v) is 12.7. The minimum atomic E-state index is -0.121. The van der Waals surface area contributed by atoms with Crippen LogP contribution in [-0.2, 0) is 0 Å². The van der Waals surface area contributed by atoms with E-state index in [1.54, 1.807) is 19.2 Å². The lowest BCUT2D eigenvalue weighted by molar-refractivity contribution is 0.0963. The van der Waals surface area contributed by atoms with Crippen molar-refractivity contribution in [2.24, 2.45) is 5.41 Å². The monoisotopic (exact) mass is 263 g/mol. The quantitative estimate of drug-likeness (QED) is 0.824. The van der Waals surface area contributed by atoms with Crippen molar-refractivity contribution in [2.45, 2.75) is 33.7 Å². The number of nitrogens with zero attached hydrogens (tertiary/aromatic N) is 1. The van der Waals surface area contributed by atoms with Crippen LogP contribution in [0.15, 0.2) is 18.2 Å². The molecule has 106 valence electrons. The summed E-state index contributed by atoms with van der Waals surface area (Å²) in [6, 6.07) is 5.76. The SMILES string of the molecule is CNC(=O)c1ccc(N(C)C(C)C(C)(C)C)c(N)c1. The highest BCUT2D eigenvalue weighted by molar-refractivity contribution is 5.96. The minimum absolute atomic E-state index is 0.121. The van der Waals surface area contributed by atoms with Crippen LogP contribution in [0.3, 0.4) is 0 Å². The Bertz CT molecular complexity index is 463. The summed E-state index contributed by atoms with van der Waals surface area (Å²) in [5.74, 6) is -0.121. The van der Waals surface area contributed by atoms with Gasteiger partial charge < -0.3 is 16.0 Å². The van der Waals surface area contributed by atoms with E-state index in [0.717, 1.165) is 5.69 Å². The number of carbonyl (C=O) groups is 1. The molecular formula is C15H25N3O. The third kappa shape index (κ3) is 3.40. The molecule has 1 aromatic rings. The molecule has 4 nitrogen and oxygen atoms in total. The van der Waals surface area contributed by atoms with E-state index in [1.807, 2.05) is 13.1 Å². The van der Waals surface area contributed by atoms with Crippen LogP contribution >= 0.6 is 0 Å². The fourth-order valence-corrected chi connectivity index (χ4v) is 1.95. The smallest absolute Gasteiger partial charge is 0.251 e. The van der Waals surface area contributed by atoms with Crippen molar-refractivity contribution in [3.8, 4) is 0 Å². The van der Waals surface area contributed by atoms with Gasteiger partial charge in [0.1, 0.15) is 0 Å². The summed E-state index contributed by atoms with van der Waals surface area (Å²) < 4.78 is 0. The van der Waals surface area contributed by atoms with E-state index < -0.39 is 0 Å². The predicted octanol–water partition coefficient (Wildman–Crippen LogP) is 2.50. The third-order valence-electron chi connectivity index (χ3n) is 3.73. The molecular weight excluding hydrogens is 238 g/mol. The van der Waals surface area contributed by atoms with E-state index in [-0.39, 0.29) is 11.3 Å². The molecule has 3 N–H and O–H groups in total. The lowest BCUT2D eigenvalue weighted by Crippen LogP contribution is -2.39. The van der Waals surface area contributed by atoms with E-state index in [4.69, 9.17) is 5.73 Å². The first kappa shape index (κ1) is 15.3. The number of carbonyl (C=O) groups excluding carboxylic acids is 1. The van der Waals surface area contributed by atoms with Crippen molar-refractivity contribution in [3.05, 3.63) is 23.8 Å². The second-order valence-electron chi connectivity index (χ2n) is 6.01. The first-order valence-corrected chi connectivity index (χ1v) is 6.53. The second kappa shape index (κ2) is 5.51. The molecule has 0 saturated carbocycles. The molecule has 1 aromatic carbocycles. The van der Waals surface area contributed by atoms with Crippen LogP contribution in [0.5, 0.6) is 0 Å². The van der Waals surface area contributed by atoms with Gasteiger partial charge in [0.25, 0.3) is 5.91 Å². The lowest BCUT2D eigenvalue weighted by Gasteiger charge is -2.37. The number of hydrogen-bond donors (Lipinski definition) is 2. The van der Waals surface area contributed by atoms with Gasteiger partial charge in [-0.2, -0.15) is 0 Å². The van der Waals surface area contributed by atoms with Gasteiger partial charge in [-0.15, -0.1) is 0 Å².